The van der Waals surface area contributed by atoms with Gasteiger partial charge in [0.25, 0.3) is 11.5 Å². The molecule has 0 radical (unpaired) electrons. The van der Waals surface area contributed by atoms with Crippen molar-refractivity contribution in [2.24, 2.45) is 0 Å². The molecule has 4 heterocycles. The van der Waals surface area contributed by atoms with E-state index < -0.39 is 0 Å². The molecule has 3 aromatic rings. The largest absolute Gasteiger partial charge is 0.364 e. The summed E-state index contributed by atoms with van der Waals surface area (Å²) >= 11 is 0. The molecule has 2 aliphatic rings. The number of H-pyrrole nitrogens is 1. The highest BCUT2D eigenvalue weighted by Gasteiger charge is 2.42. The van der Waals surface area contributed by atoms with Gasteiger partial charge in [-0.2, -0.15) is 0 Å². The summed E-state index contributed by atoms with van der Waals surface area (Å²) in [5.74, 6) is -0.172. The standard InChI is InChI=1S/C23H27N7O2/c1-3-16-23(32)28-18-10-14(11-26-21(18)27-16)13-29-8-9-30(20-7-6-19(20)29)15-4-5-17(25-12-15)22(31)24-2/h4-5,10-12,19-20H,3,6-9,13H2,1-2H3,(H,24,31)(H,28,32)/t19-,20-/m1/s1. The van der Waals surface area contributed by atoms with Crippen molar-refractivity contribution >= 4 is 22.8 Å². The monoisotopic (exact) mass is 433 g/mol. The summed E-state index contributed by atoms with van der Waals surface area (Å²) < 4.78 is 0. The SMILES string of the molecule is CCc1nc2ncc(CN3CCN(c4ccc(C(=O)NC)nc4)[C@@H]4CC[C@H]43)cc2[nH]c1=O. The van der Waals surface area contributed by atoms with Crippen molar-refractivity contribution in [2.45, 2.75) is 44.8 Å². The normalized spacial score (nSPS) is 20.6. The molecular weight excluding hydrogens is 406 g/mol. The average Bonchev–Trinajstić information content (AvgIpc) is 2.79. The summed E-state index contributed by atoms with van der Waals surface area (Å²) in [4.78, 5) is 44.9. The molecule has 2 fully saturated rings. The molecule has 0 aromatic carbocycles. The van der Waals surface area contributed by atoms with Gasteiger partial charge in [-0.15, -0.1) is 0 Å². The number of carbonyl (C=O) groups excluding carboxylic acids is 1. The van der Waals surface area contributed by atoms with Gasteiger partial charge in [0.2, 0.25) is 0 Å². The second-order valence-corrected chi connectivity index (χ2v) is 8.44. The highest BCUT2D eigenvalue weighted by molar-refractivity contribution is 5.92. The van der Waals surface area contributed by atoms with Crippen molar-refractivity contribution in [2.75, 3.05) is 25.0 Å². The molecule has 1 amide bonds. The number of piperazine rings is 1. The Balaban J connectivity index is 1.30. The van der Waals surface area contributed by atoms with Crippen molar-refractivity contribution in [3.8, 4) is 0 Å². The maximum absolute atomic E-state index is 12.1. The molecule has 1 aliphatic heterocycles. The molecule has 32 heavy (non-hydrogen) atoms. The van der Waals surface area contributed by atoms with Crippen LogP contribution in [0.4, 0.5) is 5.69 Å². The van der Waals surface area contributed by atoms with Crippen LogP contribution in [0.5, 0.6) is 0 Å². The molecule has 9 nitrogen and oxygen atoms in total. The highest BCUT2D eigenvalue weighted by Crippen LogP contribution is 2.37. The Hall–Kier alpha value is -3.33. The van der Waals surface area contributed by atoms with Crippen LogP contribution in [0.1, 0.15) is 41.5 Å². The fourth-order valence-corrected chi connectivity index (χ4v) is 4.77. The quantitative estimate of drug-likeness (QED) is 0.628. The molecule has 0 unspecified atom stereocenters. The van der Waals surface area contributed by atoms with Crippen molar-refractivity contribution in [1.29, 1.82) is 0 Å². The van der Waals surface area contributed by atoms with Crippen LogP contribution in [-0.2, 0) is 13.0 Å². The minimum atomic E-state index is -0.172. The topological polar surface area (TPSA) is 107 Å². The zero-order chi connectivity index (χ0) is 22.2. The van der Waals surface area contributed by atoms with Crippen LogP contribution in [-0.4, -0.2) is 63.0 Å². The van der Waals surface area contributed by atoms with Gasteiger partial charge in [0, 0.05) is 45.0 Å². The zero-order valence-electron chi connectivity index (χ0n) is 18.3. The fourth-order valence-electron chi connectivity index (χ4n) is 4.77. The van der Waals surface area contributed by atoms with E-state index in [0.29, 0.717) is 41.1 Å². The first-order valence-electron chi connectivity index (χ1n) is 11.1. The predicted octanol–water partition coefficient (Wildman–Crippen LogP) is 1.49. The number of nitrogens with one attached hydrogen (secondary N) is 2. The number of hydrogen-bond donors (Lipinski definition) is 2. The number of carbonyl (C=O) groups is 1. The van der Waals surface area contributed by atoms with Crippen LogP contribution in [0.3, 0.4) is 0 Å². The summed E-state index contributed by atoms with van der Waals surface area (Å²) in [5, 5.41) is 2.61. The molecule has 9 heteroatoms. The zero-order valence-corrected chi connectivity index (χ0v) is 18.3. The Kier molecular flexibility index (Phi) is 5.34. The third kappa shape index (κ3) is 3.62. The maximum atomic E-state index is 12.1. The lowest BCUT2D eigenvalue weighted by Crippen LogP contribution is -2.64. The minimum Gasteiger partial charge on any atom is -0.364 e. The number of aryl methyl sites for hydroxylation is 1. The molecule has 1 saturated heterocycles. The number of rotatable bonds is 5. The van der Waals surface area contributed by atoms with E-state index in [-0.39, 0.29) is 11.5 Å². The van der Waals surface area contributed by atoms with Gasteiger partial charge in [-0.25, -0.2) is 15.0 Å². The van der Waals surface area contributed by atoms with Gasteiger partial charge in [-0.1, -0.05) is 6.92 Å². The van der Waals surface area contributed by atoms with E-state index in [9.17, 15) is 9.59 Å². The summed E-state index contributed by atoms with van der Waals surface area (Å²) in [6.45, 7) is 4.55. The summed E-state index contributed by atoms with van der Waals surface area (Å²) in [7, 11) is 1.61. The Morgan fingerprint density at radius 2 is 2.03 bits per heavy atom. The first-order valence-corrected chi connectivity index (χ1v) is 11.1. The van der Waals surface area contributed by atoms with Gasteiger partial charge >= 0.3 is 0 Å². The van der Waals surface area contributed by atoms with Crippen molar-refractivity contribution in [3.05, 3.63) is 57.9 Å². The van der Waals surface area contributed by atoms with Gasteiger partial charge < -0.3 is 15.2 Å². The Labute approximate surface area is 185 Å². The van der Waals surface area contributed by atoms with E-state index >= 15 is 0 Å². The number of anilines is 1. The minimum absolute atomic E-state index is 0.136. The first kappa shape index (κ1) is 20.6. The fraction of sp³-hybridized carbons (Fsp3) is 0.435. The lowest BCUT2D eigenvalue weighted by Gasteiger charge is -2.54. The smallest absolute Gasteiger partial charge is 0.270 e. The van der Waals surface area contributed by atoms with Crippen LogP contribution >= 0.6 is 0 Å². The third-order valence-corrected chi connectivity index (χ3v) is 6.63. The molecule has 0 spiro atoms. The van der Waals surface area contributed by atoms with Gasteiger partial charge in [-0.05, 0) is 43.0 Å². The van der Waals surface area contributed by atoms with Gasteiger partial charge in [0.05, 0.1) is 17.4 Å². The second-order valence-electron chi connectivity index (χ2n) is 8.44. The number of aromatic amines is 1. The number of nitrogens with zero attached hydrogens (tertiary/aromatic N) is 5. The summed E-state index contributed by atoms with van der Waals surface area (Å²) in [5.41, 5.74) is 4.23. The molecular formula is C23H27N7O2. The number of amides is 1. The molecule has 2 N–H and O–H groups in total. The predicted molar refractivity (Wildman–Crippen MR) is 122 cm³/mol. The van der Waals surface area contributed by atoms with Crippen LogP contribution in [0.25, 0.3) is 11.2 Å². The Morgan fingerprint density at radius 3 is 2.72 bits per heavy atom. The summed E-state index contributed by atoms with van der Waals surface area (Å²) in [6.07, 6.45) is 6.56. The van der Waals surface area contributed by atoms with E-state index in [0.717, 1.165) is 43.7 Å². The van der Waals surface area contributed by atoms with Crippen LogP contribution in [0, 0.1) is 0 Å². The molecule has 3 aromatic heterocycles. The van der Waals surface area contributed by atoms with Gasteiger partial charge in [0.1, 0.15) is 11.4 Å². The number of pyridine rings is 2. The van der Waals surface area contributed by atoms with E-state index in [2.05, 4.69) is 35.1 Å². The van der Waals surface area contributed by atoms with Crippen LogP contribution in [0.2, 0.25) is 0 Å². The third-order valence-electron chi connectivity index (χ3n) is 6.63. The number of hydrogen-bond acceptors (Lipinski definition) is 7. The van der Waals surface area contributed by atoms with Crippen LogP contribution in [0.15, 0.2) is 35.4 Å². The Bertz CT molecular complexity index is 1210. The maximum Gasteiger partial charge on any atom is 0.270 e. The van der Waals surface area contributed by atoms with E-state index in [1.807, 2.05) is 25.3 Å². The molecule has 5 rings (SSSR count). The van der Waals surface area contributed by atoms with Crippen molar-refractivity contribution in [3.63, 3.8) is 0 Å². The Morgan fingerprint density at radius 1 is 1.19 bits per heavy atom. The lowest BCUT2D eigenvalue weighted by atomic mass is 9.81. The van der Waals surface area contributed by atoms with E-state index in [1.165, 1.54) is 0 Å². The van der Waals surface area contributed by atoms with Crippen LogP contribution < -0.4 is 15.8 Å². The average molecular weight is 434 g/mol. The number of aromatic nitrogens is 4. The second kappa shape index (κ2) is 8.31. The lowest BCUT2D eigenvalue weighted by molar-refractivity contribution is 0.0658. The number of fused-ring (bicyclic) bond motifs is 2. The molecule has 0 bridgehead atoms. The van der Waals surface area contributed by atoms with Crippen molar-refractivity contribution in [1.82, 2.24) is 30.2 Å². The highest BCUT2D eigenvalue weighted by atomic mass is 16.1. The first-order chi connectivity index (χ1) is 15.6. The van der Waals surface area contributed by atoms with E-state index in [1.54, 1.807) is 19.3 Å². The van der Waals surface area contributed by atoms with E-state index in [4.69, 9.17) is 0 Å². The molecule has 2 atom stereocenters. The summed E-state index contributed by atoms with van der Waals surface area (Å²) in [6, 6.07) is 6.69. The molecule has 1 saturated carbocycles. The van der Waals surface area contributed by atoms with Gasteiger partial charge in [0.15, 0.2) is 5.65 Å². The van der Waals surface area contributed by atoms with Gasteiger partial charge in [-0.3, -0.25) is 14.5 Å². The van der Waals surface area contributed by atoms with Crippen molar-refractivity contribution < 1.29 is 4.79 Å². The molecule has 1 aliphatic carbocycles. The molecule has 166 valence electrons.